The molecule has 3 rings (SSSR count). The van der Waals surface area contributed by atoms with Gasteiger partial charge in [0.1, 0.15) is 5.82 Å². The van der Waals surface area contributed by atoms with Crippen molar-refractivity contribution in [2.75, 3.05) is 17.6 Å². The van der Waals surface area contributed by atoms with Crippen molar-refractivity contribution in [3.05, 3.63) is 58.3 Å². The number of benzene rings is 1. The van der Waals surface area contributed by atoms with E-state index in [4.69, 9.17) is 10.5 Å². The fraction of sp³-hybridized carbons (Fsp3) is 0.211. The molecule has 0 aliphatic heterocycles. The Bertz CT molecular complexity index is 998. The highest BCUT2D eigenvalue weighted by Gasteiger charge is 2.10. The molecule has 0 saturated heterocycles. The predicted octanol–water partition coefficient (Wildman–Crippen LogP) is 2.65. The molecule has 0 saturated carbocycles. The minimum absolute atomic E-state index is 0.0446. The molecule has 0 unspecified atom stereocenters. The van der Waals surface area contributed by atoms with Gasteiger partial charge in [-0.1, -0.05) is 0 Å². The molecule has 0 radical (unpaired) electrons. The van der Waals surface area contributed by atoms with E-state index in [1.165, 1.54) is 35.6 Å². The molecule has 9 nitrogen and oxygen atoms in total. The summed E-state index contributed by atoms with van der Waals surface area (Å²) in [6.45, 7) is 0.180. The van der Waals surface area contributed by atoms with Crippen LogP contribution in [0.4, 0.5) is 22.0 Å². The second kappa shape index (κ2) is 10.3. The van der Waals surface area contributed by atoms with Crippen LogP contribution >= 0.6 is 11.3 Å². The topological polar surface area (TPSA) is 132 Å². The Kier molecular flexibility index (Phi) is 7.22. The molecule has 30 heavy (non-hydrogen) atoms. The van der Waals surface area contributed by atoms with Gasteiger partial charge in [0, 0.05) is 29.6 Å². The SMILES string of the molecule is Nc1nc(COC(=O)CCCNC(=O)c2ccsc2)nc(Nc2ccc(F)cc2)n1. The Labute approximate surface area is 175 Å². The number of carbonyl (C=O) groups excluding carboxylic acids is 2. The summed E-state index contributed by atoms with van der Waals surface area (Å²) in [4.78, 5) is 35.7. The molecular formula is C19H19FN6O3S. The third-order valence-corrected chi connectivity index (χ3v) is 4.47. The van der Waals surface area contributed by atoms with E-state index in [1.807, 2.05) is 5.38 Å². The van der Waals surface area contributed by atoms with Gasteiger partial charge < -0.3 is 21.1 Å². The van der Waals surface area contributed by atoms with Crippen molar-refractivity contribution in [3.8, 4) is 0 Å². The van der Waals surface area contributed by atoms with Crippen LogP contribution in [0.2, 0.25) is 0 Å². The van der Waals surface area contributed by atoms with E-state index >= 15 is 0 Å². The smallest absolute Gasteiger partial charge is 0.306 e. The van der Waals surface area contributed by atoms with Gasteiger partial charge in [0.25, 0.3) is 5.91 Å². The van der Waals surface area contributed by atoms with Crippen molar-refractivity contribution in [1.29, 1.82) is 0 Å². The Morgan fingerprint density at radius 2 is 1.93 bits per heavy atom. The number of rotatable bonds is 9. The Morgan fingerprint density at radius 3 is 2.67 bits per heavy atom. The number of nitrogens with one attached hydrogen (secondary N) is 2. The maximum atomic E-state index is 13.0. The van der Waals surface area contributed by atoms with Crippen LogP contribution in [0.25, 0.3) is 0 Å². The summed E-state index contributed by atoms with van der Waals surface area (Å²) in [5, 5.41) is 9.18. The Hall–Kier alpha value is -3.60. The van der Waals surface area contributed by atoms with Crippen molar-refractivity contribution in [2.24, 2.45) is 0 Å². The van der Waals surface area contributed by atoms with E-state index in [-0.39, 0.29) is 42.5 Å². The van der Waals surface area contributed by atoms with E-state index in [0.717, 1.165) is 0 Å². The van der Waals surface area contributed by atoms with Crippen molar-refractivity contribution in [2.45, 2.75) is 19.4 Å². The number of halogens is 1. The largest absolute Gasteiger partial charge is 0.457 e. The first-order valence-corrected chi connectivity index (χ1v) is 9.93. The lowest BCUT2D eigenvalue weighted by atomic mass is 10.3. The van der Waals surface area contributed by atoms with E-state index in [2.05, 4.69) is 25.6 Å². The number of nitrogens with two attached hydrogens (primary N) is 1. The highest BCUT2D eigenvalue weighted by Crippen LogP contribution is 2.14. The van der Waals surface area contributed by atoms with Gasteiger partial charge in [0.05, 0.1) is 0 Å². The lowest BCUT2D eigenvalue weighted by Crippen LogP contribution is -2.24. The average Bonchev–Trinajstić information content (AvgIpc) is 3.26. The van der Waals surface area contributed by atoms with Crippen molar-refractivity contribution >= 4 is 40.8 Å². The monoisotopic (exact) mass is 430 g/mol. The number of hydrogen-bond donors (Lipinski definition) is 3. The molecule has 1 amide bonds. The summed E-state index contributed by atoms with van der Waals surface area (Å²) in [5.41, 5.74) is 6.83. The van der Waals surface area contributed by atoms with E-state index in [9.17, 15) is 14.0 Å². The maximum Gasteiger partial charge on any atom is 0.306 e. The number of nitrogens with zero attached hydrogens (tertiary/aromatic N) is 3. The molecule has 2 aromatic heterocycles. The third kappa shape index (κ3) is 6.48. The minimum Gasteiger partial charge on any atom is -0.457 e. The van der Waals surface area contributed by atoms with Crippen molar-refractivity contribution in [1.82, 2.24) is 20.3 Å². The first-order chi connectivity index (χ1) is 14.5. The molecule has 3 aromatic rings. The third-order valence-electron chi connectivity index (χ3n) is 3.79. The summed E-state index contributed by atoms with van der Waals surface area (Å²) >= 11 is 1.44. The molecular weight excluding hydrogens is 411 g/mol. The zero-order valence-electron chi connectivity index (χ0n) is 15.8. The molecule has 0 atom stereocenters. The number of carbonyl (C=O) groups is 2. The summed E-state index contributed by atoms with van der Waals surface area (Å²) in [6.07, 6.45) is 0.566. The number of thiophene rings is 1. The predicted molar refractivity (Wildman–Crippen MR) is 110 cm³/mol. The van der Waals surface area contributed by atoms with Crippen LogP contribution in [0, 0.1) is 5.82 Å². The molecule has 156 valence electrons. The summed E-state index contributed by atoms with van der Waals surface area (Å²) in [5.74, 6) is -0.716. The van der Waals surface area contributed by atoms with Gasteiger partial charge in [-0.3, -0.25) is 9.59 Å². The number of anilines is 3. The van der Waals surface area contributed by atoms with Crippen LogP contribution in [-0.4, -0.2) is 33.4 Å². The van der Waals surface area contributed by atoms with Crippen molar-refractivity contribution in [3.63, 3.8) is 0 Å². The van der Waals surface area contributed by atoms with Gasteiger partial charge in [0.2, 0.25) is 11.9 Å². The van der Waals surface area contributed by atoms with Gasteiger partial charge in [-0.25, -0.2) is 4.39 Å². The molecule has 11 heteroatoms. The van der Waals surface area contributed by atoms with Crippen LogP contribution in [0.3, 0.4) is 0 Å². The molecule has 2 heterocycles. The normalized spacial score (nSPS) is 10.4. The van der Waals surface area contributed by atoms with Gasteiger partial charge in [-0.05, 0) is 42.1 Å². The molecule has 0 fully saturated rings. The lowest BCUT2D eigenvalue weighted by Gasteiger charge is -2.08. The summed E-state index contributed by atoms with van der Waals surface area (Å²) in [6, 6.07) is 7.35. The number of esters is 1. The van der Waals surface area contributed by atoms with Gasteiger partial charge in [0.15, 0.2) is 12.4 Å². The van der Waals surface area contributed by atoms with Gasteiger partial charge >= 0.3 is 5.97 Å². The molecule has 4 N–H and O–H groups in total. The summed E-state index contributed by atoms with van der Waals surface area (Å²) < 4.78 is 18.1. The van der Waals surface area contributed by atoms with Crippen LogP contribution in [0.1, 0.15) is 29.0 Å². The number of aromatic nitrogens is 3. The van der Waals surface area contributed by atoms with E-state index < -0.39 is 5.97 Å². The van der Waals surface area contributed by atoms with Gasteiger partial charge in [-0.15, -0.1) is 0 Å². The molecule has 1 aromatic carbocycles. The van der Waals surface area contributed by atoms with Crippen LogP contribution in [0.15, 0.2) is 41.1 Å². The van der Waals surface area contributed by atoms with Crippen molar-refractivity contribution < 1.29 is 18.7 Å². The highest BCUT2D eigenvalue weighted by atomic mass is 32.1. The minimum atomic E-state index is -0.452. The molecule has 0 aliphatic rings. The molecule has 0 spiro atoms. The summed E-state index contributed by atoms with van der Waals surface area (Å²) in [7, 11) is 0. The standard InChI is InChI=1S/C19H19FN6O3S/c20-13-3-5-14(6-4-13)23-19-25-15(24-18(21)26-19)10-29-16(27)2-1-8-22-17(28)12-7-9-30-11-12/h3-7,9,11H,1-2,8,10H2,(H,22,28)(H3,21,23,24,25,26). The zero-order valence-corrected chi connectivity index (χ0v) is 16.6. The van der Waals surface area contributed by atoms with Gasteiger partial charge in [-0.2, -0.15) is 26.3 Å². The zero-order chi connectivity index (χ0) is 21.3. The average molecular weight is 430 g/mol. The molecule has 0 bridgehead atoms. The Balaban J connectivity index is 1.43. The van der Waals surface area contributed by atoms with Crippen LogP contribution in [0.5, 0.6) is 0 Å². The quantitative estimate of drug-likeness (QED) is 0.349. The van der Waals surface area contributed by atoms with E-state index in [1.54, 1.807) is 11.4 Å². The lowest BCUT2D eigenvalue weighted by molar-refractivity contribution is -0.145. The number of nitrogen functional groups attached to an aromatic ring is 1. The second-order valence-electron chi connectivity index (χ2n) is 6.10. The van der Waals surface area contributed by atoms with Crippen LogP contribution in [-0.2, 0) is 16.1 Å². The highest BCUT2D eigenvalue weighted by molar-refractivity contribution is 7.08. The fourth-order valence-electron chi connectivity index (χ4n) is 2.37. The number of hydrogen-bond acceptors (Lipinski definition) is 9. The van der Waals surface area contributed by atoms with Crippen LogP contribution < -0.4 is 16.4 Å². The number of amides is 1. The molecule has 0 aliphatic carbocycles. The fourth-order valence-corrected chi connectivity index (χ4v) is 3.00. The van der Waals surface area contributed by atoms with E-state index in [0.29, 0.717) is 24.2 Å². The first-order valence-electron chi connectivity index (χ1n) is 8.98. The Morgan fingerprint density at radius 1 is 1.13 bits per heavy atom. The number of ether oxygens (including phenoxy) is 1. The first kappa shape index (κ1) is 21.1. The second-order valence-corrected chi connectivity index (χ2v) is 6.88. The maximum absolute atomic E-state index is 13.0.